The topological polar surface area (TPSA) is 93.0 Å². The molecule has 2 aromatic heterocycles. The SMILES string of the molecule is CCCCc1ccc(Nc2ncnc(NCCc3cccs3)c2[N+](=O)[O-])cc1. The quantitative estimate of drug-likeness (QED) is 0.361. The number of nitro groups is 1. The lowest BCUT2D eigenvalue weighted by molar-refractivity contribution is -0.383. The predicted molar refractivity (Wildman–Crippen MR) is 114 cm³/mol. The third-order valence-electron chi connectivity index (χ3n) is 4.28. The second-order valence-corrected chi connectivity index (χ2v) is 7.39. The lowest BCUT2D eigenvalue weighted by Gasteiger charge is -2.10. The summed E-state index contributed by atoms with van der Waals surface area (Å²) in [4.78, 5) is 20.6. The second kappa shape index (κ2) is 9.80. The molecule has 1 aromatic carbocycles. The smallest absolute Gasteiger partial charge is 0.353 e. The Morgan fingerprint density at radius 1 is 1.11 bits per heavy atom. The summed E-state index contributed by atoms with van der Waals surface area (Å²) in [6.07, 6.45) is 5.43. The van der Waals surface area contributed by atoms with E-state index in [1.54, 1.807) is 11.3 Å². The number of unbranched alkanes of at least 4 members (excludes halogenated alkanes) is 1. The molecule has 7 nitrogen and oxygen atoms in total. The Bertz CT molecular complexity index is 897. The van der Waals surface area contributed by atoms with Crippen molar-refractivity contribution in [2.24, 2.45) is 0 Å². The first-order chi connectivity index (χ1) is 13.7. The molecule has 0 amide bonds. The van der Waals surface area contributed by atoms with Gasteiger partial charge < -0.3 is 10.6 Å². The van der Waals surface area contributed by atoms with Gasteiger partial charge in [0, 0.05) is 17.1 Å². The number of hydrogen-bond donors (Lipinski definition) is 2. The first kappa shape index (κ1) is 19.8. The van der Waals surface area contributed by atoms with Crippen LogP contribution in [-0.4, -0.2) is 21.4 Å². The maximum absolute atomic E-state index is 11.6. The minimum absolute atomic E-state index is 0.149. The molecule has 28 heavy (non-hydrogen) atoms. The third-order valence-corrected chi connectivity index (χ3v) is 5.22. The molecule has 0 aliphatic heterocycles. The molecule has 0 unspecified atom stereocenters. The number of aromatic nitrogens is 2. The van der Waals surface area contributed by atoms with Crippen molar-refractivity contribution in [1.29, 1.82) is 0 Å². The summed E-state index contributed by atoms with van der Waals surface area (Å²) in [6, 6.07) is 11.9. The van der Waals surface area contributed by atoms with Crippen molar-refractivity contribution in [3.63, 3.8) is 0 Å². The molecule has 146 valence electrons. The van der Waals surface area contributed by atoms with E-state index in [2.05, 4.69) is 27.5 Å². The zero-order valence-corrected chi connectivity index (χ0v) is 16.5. The average Bonchev–Trinajstić information content (AvgIpc) is 3.21. The van der Waals surface area contributed by atoms with E-state index in [1.807, 2.05) is 41.8 Å². The number of hydrogen-bond acceptors (Lipinski definition) is 7. The van der Waals surface area contributed by atoms with E-state index in [0.29, 0.717) is 6.54 Å². The number of rotatable bonds is 10. The van der Waals surface area contributed by atoms with Crippen molar-refractivity contribution in [1.82, 2.24) is 9.97 Å². The number of thiophene rings is 1. The van der Waals surface area contributed by atoms with Crippen molar-refractivity contribution in [3.05, 3.63) is 68.7 Å². The highest BCUT2D eigenvalue weighted by molar-refractivity contribution is 7.09. The van der Waals surface area contributed by atoms with Gasteiger partial charge in [0.2, 0.25) is 11.6 Å². The van der Waals surface area contributed by atoms with Gasteiger partial charge in [-0.15, -0.1) is 11.3 Å². The highest BCUT2D eigenvalue weighted by Gasteiger charge is 2.23. The van der Waals surface area contributed by atoms with Gasteiger partial charge in [0.25, 0.3) is 0 Å². The van der Waals surface area contributed by atoms with E-state index in [9.17, 15) is 10.1 Å². The summed E-state index contributed by atoms with van der Waals surface area (Å²) in [6.45, 7) is 2.72. The van der Waals surface area contributed by atoms with Crippen LogP contribution in [0.25, 0.3) is 0 Å². The summed E-state index contributed by atoms with van der Waals surface area (Å²) < 4.78 is 0. The Kier molecular flexibility index (Phi) is 6.91. The summed E-state index contributed by atoms with van der Waals surface area (Å²) in [5.41, 5.74) is 1.86. The fourth-order valence-electron chi connectivity index (χ4n) is 2.80. The number of anilines is 3. The van der Waals surface area contributed by atoms with Crippen molar-refractivity contribution >= 4 is 34.3 Å². The Balaban J connectivity index is 1.72. The number of nitrogens with zero attached hydrogens (tertiary/aromatic N) is 3. The minimum Gasteiger partial charge on any atom is -0.364 e. The van der Waals surface area contributed by atoms with Crippen LogP contribution < -0.4 is 10.6 Å². The Hall–Kier alpha value is -3.00. The fourth-order valence-corrected chi connectivity index (χ4v) is 3.51. The molecule has 3 rings (SSSR count). The molecule has 0 aliphatic carbocycles. The lowest BCUT2D eigenvalue weighted by Crippen LogP contribution is -2.10. The number of nitrogens with one attached hydrogen (secondary N) is 2. The predicted octanol–water partition coefficient (Wildman–Crippen LogP) is 5.19. The van der Waals surface area contributed by atoms with Crippen LogP contribution in [0.2, 0.25) is 0 Å². The van der Waals surface area contributed by atoms with E-state index in [0.717, 1.165) is 31.4 Å². The normalized spacial score (nSPS) is 10.6. The van der Waals surface area contributed by atoms with Gasteiger partial charge >= 0.3 is 5.69 Å². The molecule has 2 N–H and O–H groups in total. The molecular weight excluding hydrogens is 374 g/mol. The highest BCUT2D eigenvalue weighted by Crippen LogP contribution is 2.31. The summed E-state index contributed by atoms with van der Waals surface area (Å²) >= 11 is 1.66. The average molecular weight is 398 g/mol. The Morgan fingerprint density at radius 3 is 2.57 bits per heavy atom. The van der Waals surface area contributed by atoms with Crippen molar-refractivity contribution in [3.8, 4) is 0 Å². The van der Waals surface area contributed by atoms with Gasteiger partial charge in [-0.2, -0.15) is 0 Å². The van der Waals surface area contributed by atoms with Crippen molar-refractivity contribution in [2.75, 3.05) is 17.2 Å². The maximum Gasteiger partial charge on any atom is 0.353 e. The van der Waals surface area contributed by atoms with Gasteiger partial charge in [-0.3, -0.25) is 10.1 Å². The molecule has 0 saturated heterocycles. The van der Waals surface area contributed by atoms with Gasteiger partial charge in [0.05, 0.1) is 4.92 Å². The molecule has 0 radical (unpaired) electrons. The molecule has 0 spiro atoms. The van der Waals surface area contributed by atoms with Crippen LogP contribution in [-0.2, 0) is 12.8 Å². The third kappa shape index (κ3) is 5.26. The van der Waals surface area contributed by atoms with Crippen LogP contribution in [0.15, 0.2) is 48.1 Å². The molecule has 8 heteroatoms. The van der Waals surface area contributed by atoms with E-state index in [1.165, 1.54) is 16.8 Å². The zero-order valence-electron chi connectivity index (χ0n) is 15.7. The zero-order chi connectivity index (χ0) is 19.8. The molecular formula is C20H23N5O2S. The Morgan fingerprint density at radius 2 is 1.89 bits per heavy atom. The molecule has 0 atom stereocenters. The van der Waals surface area contributed by atoms with Gasteiger partial charge in [0.1, 0.15) is 6.33 Å². The first-order valence-corrected chi connectivity index (χ1v) is 10.2. The number of aryl methyl sites for hydroxylation is 1. The second-order valence-electron chi connectivity index (χ2n) is 6.36. The van der Waals surface area contributed by atoms with E-state index in [4.69, 9.17) is 0 Å². The fraction of sp³-hybridized carbons (Fsp3) is 0.300. The van der Waals surface area contributed by atoms with Crippen LogP contribution in [0.5, 0.6) is 0 Å². The van der Waals surface area contributed by atoms with Crippen molar-refractivity contribution in [2.45, 2.75) is 32.6 Å². The summed E-state index contributed by atoms with van der Waals surface area (Å²) in [5, 5.41) is 19.8. The van der Waals surface area contributed by atoms with Gasteiger partial charge in [0.15, 0.2) is 0 Å². The molecule has 2 heterocycles. The first-order valence-electron chi connectivity index (χ1n) is 9.29. The lowest BCUT2D eigenvalue weighted by atomic mass is 10.1. The Labute approximate surface area is 168 Å². The van der Waals surface area contributed by atoms with Crippen LogP contribution in [0.1, 0.15) is 30.2 Å². The van der Waals surface area contributed by atoms with Gasteiger partial charge in [-0.05, 0) is 48.4 Å². The molecule has 0 bridgehead atoms. The molecule has 0 aliphatic rings. The monoisotopic (exact) mass is 397 g/mol. The van der Waals surface area contributed by atoms with E-state index >= 15 is 0 Å². The van der Waals surface area contributed by atoms with Crippen LogP contribution in [0.4, 0.5) is 23.0 Å². The van der Waals surface area contributed by atoms with Crippen LogP contribution in [0, 0.1) is 10.1 Å². The molecule has 0 fully saturated rings. The highest BCUT2D eigenvalue weighted by atomic mass is 32.1. The standard InChI is InChI=1S/C20H23N5O2S/c1-2-3-5-15-7-9-16(10-8-15)24-20-18(25(26)27)19(22-14-23-20)21-12-11-17-6-4-13-28-17/h4,6-10,13-14H,2-3,5,11-12H2,1H3,(H2,21,22,23,24). The van der Waals surface area contributed by atoms with E-state index < -0.39 is 4.92 Å². The van der Waals surface area contributed by atoms with Gasteiger partial charge in [-0.25, -0.2) is 9.97 Å². The summed E-state index contributed by atoms with van der Waals surface area (Å²) in [7, 11) is 0. The largest absolute Gasteiger partial charge is 0.364 e. The molecule has 3 aromatic rings. The minimum atomic E-state index is -0.453. The van der Waals surface area contributed by atoms with Crippen molar-refractivity contribution < 1.29 is 4.92 Å². The molecule has 0 saturated carbocycles. The maximum atomic E-state index is 11.6. The number of benzene rings is 1. The van der Waals surface area contributed by atoms with E-state index in [-0.39, 0.29) is 17.3 Å². The van der Waals surface area contributed by atoms with Crippen LogP contribution in [0.3, 0.4) is 0 Å². The van der Waals surface area contributed by atoms with Crippen LogP contribution >= 0.6 is 11.3 Å². The van der Waals surface area contributed by atoms with Gasteiger partial charge in [-0.1, -0.05) is 31.5 Å². The summed E-state index contributed by atoms with van der Waals surface area (Å²) in [5.74, 6) is 0.401.